The van der Waals surface area contributed by atoms with Crippen molar-refractivity contribution in [3.8, 4) is 11.5 Å². The summed E-state index contributed by atoms with van der Waals surface area (Å²) < 4.78 is 91.7. The molecule has 0 atom stereocenters. The van der Waals surface area contributed by atoms with Crippen LogP contribution in [0.2, 0.25) is 0 Å². The number of hydrogen-bond acceptors (Lipinski definition) is 6. The summed E-state index contributed by atoms with van der Waals surface area (Å²) in [6, 6.07) is 7.26. The number of unbranched alkanes of at least 4 members (excludes halogenated alkanes) is 3. The van der Waals surface area contributed by atoms with Gasteiger partial charge in [-0.1, -0.05) is 18.9 Å². The third-order valence-electron chi connectivity index (χ3n) is 4.70. The monoisotopic (exact) mass is 490 g/mol. The maximum absolute atomic E-state index is 13.6. The van der Waals surface area contributed by atoms with E-state index in [1.54, 1.807) is 6.07 Å². The number of halogens is 2. The Labute approximate surface area is 186 Å². The summed E-state index contributed by atoms with van der Waals surface area (Å²) in [6.07, 6.45) is 2.22. The van der Waals surface area contributed by atoms with E-state index >= 15 is 0 Å². The topological polar surface area (TPSA) is 111 Å². The molecule has 2 aromatic carbocycles. The predicted octanol–water partition coefficient (Wildman–Crippen LogP) is 2.55. The van der Waals surface area contributed by atoms with Crippen LogP contribution in [-0.2, 0) is 20.0 Å². The Morgan fingerprint density at radius 1 is 0.750 bits per heavy atom. The normalized spacial score (nSPS) is 13.8. The zero-order valence-corrected chi connectivity index (χ0v) is 18.8. The lowest BCUT2D eigenvalue weighted by molar-refractivity contribution is 0.171. The zero-order valence-electron chi connectivity index (χ0n) is 17.1. The largest absolute Gasteiger partial charge is 0.486 e. The molecule has 2 N–H and O–H groups in total. The van der Waals surface area contributed by atoms with Crippen molar-refractivity contribution >= 4 is 20.0 Å². The van der Waals surface area contributed by atoms with Crippen molar-refractivity contribution in [2.45, 2.75) is 35.5 Å². The maximum Gasteiger partial charge on any atom is 0.246 e. The zero-order chi connectivity index (χ0) is 23.2. The van der Waals surface area contributed by atoms with Crippen LogP contribution in [0.5, 0.6) is 11.5 Å². The van der Waals surface area contributed by atoms with Gasteiger partial charge in [-0.2, -0.15) is 0 Å². The first-order valence-corrected chi connectivity index (χ1v) is 13.0. The van der Waals surface area contributed by atoms with Crippen LogP contribution >= 0.6 is 0 Å². The van der Waals surface area contributed by atoms with Gasteiger partial charge in [-0.25, -0.2) is 35.1 Å². The van der Waals surface area contributed by atoms with Gasteiger partial charge in [0.05, 0.1) is 4.90 Å². The first-order valence-electron chi connectivity index (χ1n) is 10.0. The van der Waals surface area contributed by atoms with Crippen LogP contribution in [0.25, 0.3) is 0 Å². The average Bonchev–Trinajstić information content (AvgIpc) is 2.75. The Hall–Kier alpha value is -2.28. The van der Waals surface area contributed by atoms with Crippen LogP contribution in [0.4, 0.5) is 8.78 Å². The first kappa shape index (κ1) is 24.4. The highest BCUT2D eigenvalue weighted by molar-refractivity contribution is 7.89. The number of rotatable bonds is 11. The van der Waals surface area contributed by atoms with Gasteiger partial charge in [0, 0.05) is 19.2 Å². The average molecular weight is 491 g/mol. The van der Waals surface area contributed by atoms with E-state index in [-0.39, 0.29) is 18.0 Å². The van der Waals surface area contributed by atoms with Gasteiger partial charge in [-0.05, 0) is 37.1 Å². The SMILES string of the molecule is O=S(=O)(NCCCCCCNS(=O)(=O)c1c(F)cccc1F)c1ccc2c(c1)OCCO2. The van der Waals surface area contributed by atoms with Gasteiger partial charge in [0.1, 0.15) is 24.8 Å². The van der Waals surface area contributed by atoms with Crippen LogP contribution in [-0.4, -0.2) is 43.1 Å². The predicted molar refractivity (Wildman–Crippen MR) is 113 cm³/mol. The molecule has 32 heavy (non-hydrogen) atoms. The van der Waals surface area contributed by atoms with Gasteiger partial charge >= 0.3 is 0 Å². The molecule has 0 radical (unpaired) electrons. The minimum absolute atomic E-state index is 0.0129. The molecule has 3 rings (SSSR count). The van der Waals surface area contributed by atoms with E-state index in [0.29, 0.717) is 50.4 Å². The molecular weight excluding hydrogens is 466 g/mol. The Kier molecular flexibility index (Phi) is 8.04. The van der Waals surface area contributed by atoms with E-state index in [2.05, 4.69) is 9.44 Å². The van der Waals surface area contributed by atoms with E-state index < -0.39 is 36.6 Å². The van der Waals surface area contributed by atoms with E-state index in [0.717, 1.165) is 18.2 Å². The summed E-state index contributed by atoms with van der Waals surface area (Å²) in [5.74, 6) is -1.41. The van der Waals surface area contributed by atoms with E-state index in [1.165, 1.54) is 12.1 Å². The van der Waals surface area contributed by atoms with Crippen molar-refractivity contribution in [3.63, 3.8) is 0 Å². The third kappa shape index (κ3) is 6.15. The minimum atomic E-state index is -4.29. The highest BCUT2D eigenvalue weighted by Crippen LogP contribution is 2.32. The smallest absolute Gasteiger partial charge is 0.246 e. The summed E-state index contributed by atoms with van der Waals surface area (Å²) in [5, 5.41) is 0. The minimum Gasteiger partial charge on any atom is -0.486 e. The van der Waals surface area contributed by atoms with Crippen molar-refractivity contribution in [3.05, 3.63) is 48.0 Å². The lowest BCUT2D eigenvalue weighted by atomic mass is 10.2. The van der Waals surface area contributed by atoms with Crippen molar-refractivity contribution < 1.29 is 35.1 Å². The second kappa shape index (κ2) is 10.6. The molecule has 0 bridgehead atoms. The number of ether oxygens (including phenoxy) is 2. The number of hydrogen-bond donors (Lipinski definition) is 2. The van der Waals surface area contributed by atoms with E-state index in [9.17, 15) is 25.6 Å². The molecule has 0 fully saturated rings. The van der Waals surface area contributed by atoms with Crippen LogP contribution < -0.4 is 18.9 Å². The van der Waals surface area contributed by atoms with Crippen LogP contribution in [0.15, 0.2) is 46.2 Å². The quantitative estimate of drug-likeness (QED) is 0.469. The van der Waals surface area contributed by atoms with Crippen LogP contribution in [0.1, 0.15) is 25.7 Å². The van der Waals surface area contributed by atoms with E-state index in [4.69, 9.17) is 9.47 Å². The van der Waals surface area contributed by atoms with Gasteiger partial charge in [0.2, 0.25) is 20.0 Å². The Bertz CT molecular complexity index is 1140. The third-order valence-corrected chi connectivity index (χ3v) is 7.67. The molecular formula is C20H24F2N2O6S2. The number of benzene rings is 2. The summed E-state index contributed by atoms with van der Waals surface area (Å²) in [4.78, 5) is -0.912. The Balaban J connectivity index is 1.37. The fourth-order valence-corrected chi connectivity index (χ4v) is 5.40. The standard InChI is InChI=1S/C20H24F2N2O6S2/c21-16-6-5-7-17(22)20(16)32(27,28)24-11-4-2-1-3-10-23-31(25,26)15-8-9-18-19(14-15)30-13-12-29-18/h5-9,14,23-24H,1-4,10-13H2. The first-order chi connectivity index (χ1) is 15.2. The van der Waals surface area contributed by atoms with Crippen molar-refractivity contribution in [2.24, 2.45) is 0 Å². The number of sulfonamides is 2. The van der Waals surface area contributed by atoms with Crippen LogP contribution in [0, 0.1) is 11.6 Å². The molecule has 0 aliphatic carbocycles. The lowest BCUT2D eigenvalue weighted by Gasteiger charge is -2.18. The maximum atomic E-state index is 13.6. The number of fused-ring (bicyclic) bond motifs is 1. The number of nitrogens with one attached hydrogen (secondary N) is 2. The molecule has 1 aliphatic rings. The second-order valence-corrected chi connectivity index (χ2v) is 10.5. The second-order valence-electron chi connectivity index (χ2n) is 7.07. The molecule has 0 saturated carbocycles. The molecule has 12 heteroatoms. The highest BCUT2D eigenvalue weighted by Gasteiger charge is 2.23. The molecule has 0 spiro atoms. The molecule has 0 unspecified atom stereocenters. The van der Waals surface area contributed by atoms with Gasteiger partial charge in [0.25, 0.3) is 0 Å². The molecule has 2 aromatic rings. The molecule has 0 amide bonds. The molecule has 8 nitrogen and oxygen atoms in total. The van der Waals surface area contributed by atoms with Gasteiger partial charge in [0.15, 0.2) is 16.4 Å². The van der Waals surface area contributed by atoms with Crippen molar-refractivity contribution in [1.82, 2.24) is 9.44 Å². The summed E-state index contributed by atoms with van der Waals surface area (Å²) in [7, 11) is -7.98. The van der Waals surface area contributed by atoms with Crippen LogP contribution in [0.3, 0.4) is 0 Å². The summed E-state index contributed by atoms with van der Waals surface area (Å²) in [6.45, 7) is 0.996. The fourth-order valence-electron chi connectivity index (χ4n) is 3.10. The summed E-state index contributed by atoms with van der Waals surface area (Å²) >= 11 is 0. The summed E-state index contributed by atoms with van der Waals surface area (Å²) in [5.41, 5.74) is 0. The van der Waals surface area contributed by atoms with Gasteiger partial charge in [-0.15, -0.1) is 0 Å². The van der Waals surface area contributed by atoms with Crippen molar-refractivity contribution in [1.29, 1.82) is 0 Å². The van der Waals surface area contributed by atoms with Crippen molar-refractivity contribution in [2.75, 3.05) is 26.3 Å². The van der Waals surface area contributed by atoms with Gasteiger partial charge < -0.3 is 9.47 Å². The molecule has 0 aromatic heterocycles. The molecule has 1 heterocycles. The molecule has 1 aliphatic heterocycles. The highest BCUT2D eigenvalue weighted by atomic mass is 32.2. The van der Waals surface area contributed by atoms with Gasteiger partial charge in [-0.3, -0.25) is 0 Å². The lowest BCUT2D eigenvalue weighted by Crippen LogP contribution is -2.27. The Morgan fingerprint density at radius 3 is 1.94 bits per heavy atom. The molecule has 176 valence electrons. The Morgan fingerprint density at radius 2 is 1.31 bits per heavy atom. The molecule has 0 saturated heterocycles. The fraction of sp³-hybridized carbons (Fsp3) is 0.400. The van der Waals surface area contributed by atoms with E-state index in [1.807, 2.05) is 0 Å².